The van der Waals surface area contributed by atoms with Crippen LogP contribution in [-0.2, 0) is 32.7 Å². The molecule has 0 N–H and O–H groups in total. The third-order valence-corrected chi connectivity index (χ3v) is 1.88. The Morgan fingerprint density at radius 3 is 0.923 bits per heavy atom. The van der Waals surface area contributed by atoms with Crippen molar-refractivity contribution in [3.05, 3.63) is 78.2 Å². The van der Waals surface area contributed by atoms with Crippen LogP contribution in [0.15, 0.2) is 60.7 Å². The molecule has 0 bridgehead atoms. The molecule has 2 aromatic rings. The van der Waals surface area contributed by atoms with Crippen molar-refractivity contribution in [2.75, 3.05) is 7.05 Å². The van der Waals surface area contributed by atoms with Crippen molar-refractivity contribution in [3.8, 4) is 11.1 Å². The number of hydrogen-bond donors (Lipinski definition) is 0. The van der Waals surface area contributed by atoms with Gasteiger partial charge in [0.25, 0.3) is 0 Å². The van der Waals surface area contributed by atoms with Crippen LogP contribution in [0.2, 0.25) is 0 Å². The van der Waals surface area contributed by atoms with Crippen LogP contribution >= 0.6 is 0 Å². The fourth-order valence-electron chi connectivity index (χ4n) is 1.26. The maximum atomic E-state index is 8.81. The van der Waals surface area contributed by atoms with Gasteiger partial charge < -0.3 is 7.43 Å². The average Bonchev–Trinajstić information content (AvgIpc) is 2.69. The third kappa shape index (κ3) is 30.8. The van der Waals surface area contributed by atoms with Crippen molar-refractivity contribution in [2.45, 2.75) is 55.4 Å². The molecular formula is C22H40NO2Y-. The molecule has 0 aliphatic rings. The summed E-state index contributed by atoms with van der Waals surface area (Å²) < 4.78 is 0. The van der Waals surface area contributed by atoms with Gasteiger partial charge in [-0.2, -0.15) is 0 Å². The number of benzene rings is 2. The largest absolute Gasteiger partial charge is 0.358 e. The molecule has 3 nitrogen and oxygen atoms in total. The molecular weight excluding hydrogens is 399 g/mol. The Bertz CT molecular complexity index is 393. The molecule has 0 atom stereocenters. The van der Waals surface area contributed by atoms with Gasteiger partial charge in [0.15, 0.2) is 7.05 Å². The quantitative estimate of drug-likeness (QED) is 0.258. The fourth-order valence-corrected chi connectivity index (χ4v) is 1.26. The summed E-state index contributed by atoms with van der Waals surface area (Å²) in [7, 11) is 0.889. The molecule has 149 valence electrons. The molecule has 0 aromatic heterocycles. The van der Waals surface area contributed by atoms with E-state index in [1.807, 2.05) is 67.5 Å². The summed E-state index contributed by atoms with van der Waals surface area (Å²) in [5.74, 6) is 0. The Kier molecular flexibility index (Phi) is 60.0. The van der Waals surface area contributed by atoms with Crippen LogP contribution in [0.3, 0.4) is 0 Å². The minimum Gasteiger partial charge on any atom is -0.358 e. The van der Waals surface area contributed by atoms with Gasteiger partial charge in [0.05, 0.1) is 0 Å². The number of hydrogen-bond acceptors (Lipinski definition) is 2. The fraction of sp³-hybridized carbons (Fsp3) is 0.409. The summed E-state index contributed by atoms with van der Waals surface area (Å²) >= 11 is 0. The van der Waals surface area contributed by atoms with Gasteiger partial charge in [-0.1, -0.05) is 116 Å². The Hall–Kier alpha value is -1.06. The van der Waals surface area contributed by atoms with Crippen LogP contribution in [0.25, 0.3) is 11.1 Å². The molecule has 0 fully saturated rings. The first-order valence-corrected chi connectivity index (χ1v) is 8.88. The first-order valence-electron chi connectivity index (χ1n) is 8.88. The van der Waals surface area contributed by atoms with Crippen LogP contribution in [0, 0.1) is 17.5 Å². The third-order valence-electron chi connectivity index (χ3n) is 1.88. The van der Waals surface area contributed by atoms with Crippen molar-refractivity contribution in [3.63, 3.8) is 0 Å². The summed E-state index contributed by atoms with van der Waals surface area (Å²) in [5, 5.41) is 8.81. The zero-order chi connectivity index (χ0) is 19.8. The Labute approximate surface area is 188 Å². The summed E-state index contributed by atoms with van der Waals surface area (Å²) in [6.45, 7) is 16.0. The monoisotopic (exact) mass is 439 g/mol. The predicted octanol–water partition coefficient (Wildman–Crippen LogP) is 7.80. The molecule has 1 radical (unpaired) electrons. The van der Waals surface area contributed by atoms with Crippen molar-refractivity contribution in [1.82, 2.24) is 0 Å². The number of nitrogens with zero attached hydrogens (tertiary/aromatic N) is 1. The second kappa shape index (κ2) is 39.1. The van der Waals surface area contributed by atoms with E-state index in [0.29, 0.717) is 0 Å². The molecule has 0 aliphatic heterocycles. The molecule has 2 aromatic carbocycles. The van der Waals surface area contributed by atoms with E-state index in [-0.39, 0.29) is 40.1 Å². The van der Waals surface area contributed by atoms with E-state index in [1.165, 1.54) is 11.1 Å². The van der Waals surface area contributed by atoms with Gasteiger partial charge in [0, 0.05) is 37.6 Å². The summed E-state index contributed by atoms with van der Waals surface area (Å²) in [6, 6.07) is 20.8. The van der Waals surface area contributed by atoms with Crippen molar-refractivity contribution < 1.29 is 37.6 Å². The molecule has 2 rings (SSSR count). The number of nitro groups is 1. The Morgan fingerprint density at radius 2 is 0.769 bits per heavy atom. The molecule has 0 heterocycles. The van der Waals surface area contributed by atoms with E-state index < -0.39 is 4.92 Å². The van der Waals surface area contributed by atoms with Gasteiger partial charge in [-0.3, -0.25) is 10.1 Å². The van der Waals surface area contributed by atoms with E-state index in [4.69, 9.17) is 10.1 Å². The standard InChI is InChI=1S/C12H10.4C2H6.CH3NO2.CH3.Y/c1-3-7-11(8-4-1)12-9-5-2-6-10-12;4*1-2;1-2(3)4;;/h1-10H;4*1-2H3;1H3;1H3;/q;;;;;;-1;. The van der Waals surface area contributed by atoms with Gasteiger partial charge in [-0.05, 0) is 11.1 Å². The summed E-state index contributed by atoms with van der Waals surface area (Å²) in [6.07, 6.45) is 0. The van der Waals surface area contributed by atoms with Gasteiger partial charge in [-0.15, -0.1) is 0 Å². The second-order valence-electron chi connectivity index (χ2n) is 3.17. The normalized spacial score (nSPS) is 6.35. The first kappa shape index (κ1) is 39.8. The molecule has 0 unspecified atom stereocenters. The van der Waals surface area contributed by atoms with Gasteiger partial charge in [-0.25, -0.2) is 0 Å². The van der Waals surface area contributed by atoms with E-state index in [2.05, 4.69) is 48.5 Å². The van der Waals surface area contributed by atoms with E-state index >= 15 is 0 Å². The zero-order valence-corrected chi connectivity index (χ0v) is 21.5. The smallest absolute Gasteiger partial charge is 0.194 e. The van der Waals surface area contributed by atoms with Crippen LogP contribution in [0.1, 0.15) is 55.4 Å². The number of rotatable bonds is 1. The van der Waals surface area contributed by atoms with E-state index in [1.54, 1.807) is 0 Å². The van der Waals surface area contributed by atoms with Crippen LogP contribution < -0.4 is 0 Å². The Balaban J connectivity index is -0.0000000616. The van der Waals surface area contributed by atoms with Crippen molar-refractivity contribution in [2.24, 2.45) is 0 Å². The first-order chi connectivity index (χ1) is 11.7. The topological polar surface area (TPSA) is 43.1 Å². The van der Waals surface area contributed by atoms with Crippen LogP contribution in [0.4, 0.5) is 0 Å². The summed E-state index contributed by atoms with van der Waals surface area (Å²) in [5.41, 5.74) is 2.55. The second-order valence-corrected chi connectivity index (χ2v) is 3.17. The maximum absolute atomic E-state index is 8.81. The molecule has 0 saturated carbocycles. The van der Waals surface area contributed by atoms with Gasteiger partial charge >= 0.3 is 0 Å². The zero-order valence-electron chi connectivity index (χ0n) is 18.6. The van der Waals surface area contributed by atoms with Gasteiger partial charge in [0.1, 0.15) is 0 Å². The molecule has 0 amide bonds. The van der Waals surface area contributed by atoms with Crippen molar-refractivity contribution in [1.29, 1.82) is 0 Å². The van der Waals surface area contributed by atoms with Crippen LogP contribution in [-0.4, -0.2) is 12.0 Å². The SMILES string of the molecule is CC.CC.CC.CC.C[N+](=O)[O-].[CH3-].[Y].c1ccc(-c2ccccc2)cc1. The molecule has 0 spiro atoms. The average molecular weight is 439 g/mol. The molecule has 0 saturated heterocycles. The molecule has 4 heteroatoms. The van der Waals surface area contributed by atoms with Gasteiger partial charge in [0.2, 0.25) is 0 Å². The minimum atomic E-state index is -0.500. The van der Waals surface area contributed by atoms with Crippen molar-refractivity contribution >= 4 is 0 Å². The molecule has 0 aliphatic carbocycles. The van der Waals surface area contributed by atoms with Crippen LogP contribution in [0.5, 0.6) is 0 Å². The van der Waals surface area contributed by atoms with E-state index in [9.17, 15) is 0 Å². The molecule has 26 heavy (non-hydrogen) atoms. The Morgan fingerprint density at radius 1 is 0.615 bits per heavy atom. The minimum absolute atomic E-state index is 0. The predicted molar refractivity (Wildman–Crippen MR) is 117 cm³/mol. The van der Waals surface area contributed by atoms with E-state index in [0.717, 1.165) is 7.05 Å². The maximum Gasteiger partial charge on any atom is 0.194 e. The summed E-state index contributed by atoms with van der Waals surface area (Å²) in [4.78, 5) is 8.31.